The lowest BCUT2D eigenvalue weighted by molar-refractivity contribution is 0.0270. The normalized spacial score (nSPS) is 18.5. The highest BCUT2D eigenvalue weighted by Gasteiger charge is 2.28. The molecule has 0 unspecified atom stereocenters. The summed E-state index contributed by atoms with van der Waals surface area (Å²) in [6, 6.07) is 0. The van der Waals surface area contributed by atoms with Crippen molar-refractivity contribution >= 4 is 17.6 Å². The number of nitrogens with zero attached hydrogens (tertiary/aromatic N) is 4. The molecule has 8 nitrogen and oxygen atoms in total. The minimum absolute atomic E-state index is 0.306. The summed E-state index contributed by atoms with van der Waals surface area (Å²) in [7, 11) is 2.03. The summed E-state index contributed by atoms with van der Waals surface area (Å²) >= 11 is 0. The minimum Gasteiger partial charge on any atom is -0.444 e. The van der Waals surface area contributed by atoms with Gasteiger partial charge in [-0.1, -0.05) is 6.08 Å². The molecule has 148 valence electrons. The molecule has 0 fully saturated rings. The Morgan fingerprint density at radius 2 is 1.96 bits per heavy atom. The number of amides is 2. The van der Waals surface area contributed by atoms with E-state index in [4.69, 9.17) is 10.5 Å². The Hall–Kier alpha value is -2.35. The van der Waals surface area contributed by atoms with Gasteiger partial charge >= 0.3 is 6.09 Å². The van der Waals surface area contributed by atoms with E-state index < -0.39 is 11.5 Å². The number of fused-ring (bicyclic) bond motifs is 1. The summed E-state index contributed by atoms with van der Waals surface area (Å²) in [4.78, 5) is 32.6. The van der Waals surface area contributed by atoms with E-state index in [1.807, 2.05) is 33.9 Å². The van der Waals surface area contributed by atoms with Crippen LogP contribution in [0.3, 0.4) is 0 Å². The van der Waals surface area contributed by atoms with Crippen LogP contribution in [0.1, 0.15) is 55.6 Å². The van der Waals surface area contributed by atoms with Crippen molar-refractivity contribution in [2.45, 2.75) is 52.3 Å². The molecule has 0 saturated carbocycles. The van der Waals surface area contributed by atoms with Crippen LogP contribution in [-0.4, -0.2) is 63.6 Å². The van der Waals surface area contributed by atoms with Crippen LogP contribution in [0.5, 0.6) is 0 Å². The first-order valence-electron chi connectivity index (χ1n) is 9.41. The molecule has 27 heavy (non-hydrogen) atoms. The van der Waals surface area contributed by atoms with Crippen molar-refractivity contribution in [2.24, 2.45) is 5.73 Å². The van der Waals surface area contributed by atoms with Crippen LogP contribution in [0.2, 0.25) is 0 Å². The molecule has 3 heterocycles. The summed E-state index contributed by atoms with van der Waals surface area (Å²) in [5.74, 6) is 0.310. The number of hydrogen-bond acceptors (Lipinski definition) is 5. The van der Waals surface area contributed by atoms with Gasteiger partial charge in [-0.25, -0.2) is 9.78 Å². The quantitative estimate of drug-likeness (QED) is 0.851. The maximum absolute atomic E-state index is 12.3. The van der Waals surface area contributed by atoms with Gasteiger partial charge in [0.25, 0.3) is 5.91 Å². The minimum atomic E-state index is -0.510. The first kappa shape index (κ1) is 19.4. The van der Waals surface area contributed by atoms with Crippen LogP contribution in [0, 0.1) is 0 Å². The van der Waals surface area contributed by atoms with Gasteiger partial charge in [-0.15, -0.1) is 0 Å². The van der Waals surface area contributed by atoms with E-state index in [-0.39, 0.29) is 6.09 Å². The van der Waals surface area contributed by atoms with Crippen molar-refractivity contribution in [1.82, 2.24) is 19.4 Å². The maximum atomic E-state index is 12.3. The van der Waals surface area contributed by atoms with Gasteiger partial charge in [0.05, 0.1) is 5.69 Å². The highest BCUT2D eigenvalue weighted by Crippen LogP contribution is 2.27. The van der Waals surface area contributed by atoms with E-state index >= 15 is 0 Å². The third kappa shape index (κ3) is 4.32. The number of carbonyl (C=O) groups excluding carboxylic acids is 2. The zero-order valence-corrected chi connectivity index (χ0v) is 16.6. The zero-order chi connectivity index (χ0) is 19.8. The lowest BCUT2D eigenvalue weighted by Gasteiger charge is -2.29. The van der Waals surface area contributed by atoms with Gasteiger partial charge in [-0.2, -0.15) is 0 Å². The molecule has 0 radical (unpaired) electrons. The number of aromatic nitrogens is 2. The standard InChI is InChI=1S/C19H29N5O3/c1-19(2,3)27-18(26)23-10-6-13(7-11-23)17-21-15(16(20)25)14-12-22(4)8-5-9-24(14)17/h6H,5,7-12H2,1-4H3,(H2,20,25). The predicted octanol–water partition coefficient (Wildman–Crippen LogP) is 1.84. The van der Waals surface area contributed by atoms with Crippen molar-refractivity contribution in [2.75, 3.05) is 26.7 Å². The second-order valence-electron chi connectivity index (χ2n) is 8.24. The third-order valence-electron chi connectivity index (χ3n) is 4.80. The molecule has 1 aromatic rings. The van der Waals surface area contributed by atoms with Crippen LogP contribution in [-0.2, 0) is 17.8 Å². The largest absolute Gasteiger partial charge is 0.444 e. The molecular weight excluding hydrogens is 346 g/mol. The summed E-state index contributed by atoms with van der Waals surface area (Å²) < 4.78 is 7.57. The summed E-state index contributed by atoms with van der Waals surface area (Å²) in [6.07, 6.45) is 3.35. The van der Waals surface area contributed by atoms with Crippen molar-refractivity contribution in [3.63, 3.8) is 0 Å². The average molecular weight is 375 g/mol. The van der Waals surface area contributed by atoms with Crippen molar-refractivity contribution in [1.29, 1.82) is 0 Å². The number of imidazole rings is 1. The molecule has 2 aliphatic rings. The van der Waals surface area contributed by atoms with Crippen molar-refractivity contribution < 1.29 is 14.3 Å². The third-order valence-corrected chi connectivity index (χ3v) is 4.80. The van der Waals surface area contributed by atoms with Crippen LogP contribution in [0.25, 0.3) is 5.57 Å². The molecular formula is C19H29N5O3. The molecule has 0 saturated heterocycles. The van der Waals surface area contributed by atoms with Gasteiger partial charge in [0.15, 0.2) is 5.69 Å². The SMILES string of the molecule is CN1CCCn2c(C3=CCN(C(=O)OC(C)(C)C)CC3)nc(C(N)=O)c2C1. The molecule has 1 aromatic heterocycles. The average Bonchev–Trinajstić information content (AvgIpc) is 2.81. The molecule has 8 heteroatoms. The summed E-state index contributed by atoms with van der Waals surface area (Å²) in [6.45, 7) is 9.04. The van der Waals surface area contributed by atoms with Gasteiger partial charge in [0.1, 0.15) is 11.4 Å². The fourth-order valence-corrected chi connectivity index (χ4v) is 3.53. The predicted molar refractivity (Wildman–Crippen MR) is 102 cm³/mol. The van der Waals surface area contributed by atoms with Crippen LogP contribution >= 0.6 is 0 Å². The first-order chi connectivity index (χ1) is 12.7. The van der Waals surface area contributed by atoms with E-state index in [0.29, 0.717) is 31.7 Å². The molecule has 3 rings (SSSR count). The highest BCUT2D eigenvalue weighted by molar-refractivity contribution is 5.92. The second-order valence-corrected chi connectivity index (χ2v) is 8.24. The Kier molecular flexibility index (Phi) is 5.28. The molecule has 0 aliphatic carbocycles. The Morgan fingerprint density at radius 3 is 2.56 bits per heavy atom. The first-order valence-corrected chi connectivity index (χ1v) is 9.41. The molecule has 2 N–H and O–H groups in total. The topological polar surface area (TPSA) is 93.7 Å². The highest BCUT2D eigenvalue weighted by atomic mass is 16.6. The monoisotopic (exact) mass is 375 g/mol. The van der Waals surface area contributed by atoms with Crippen LogP contribution < -0.4 is 5.73 Å². The van der Waals surface area contributed by atoms with Gasteiger partial charge < -0.3 is 24.8 Å². The van der Waals surface area contributed by atoms with Crippen LogP contribution in [0.15, 0.2) is 6.08 Å². The Balaban J connectivity index is 1.84. The smallest absolute Gasteiger partial charge is 0.410 e. The fraction of sp³-hybridized carbons (Fsp3) is 0.632. The lowest BCUT2D eigenvalue weighted by Crippen LogP contribution is -2.39. The van der Waals surface area contributed by atoms with E-state index in [1.54, 1.807) is 4.90 Å². The number of rotatable bonds is 2. The van der Waals surface area contributed by atoms with Gasteiger partial charge in [0.2, 0.25) is 0 Å². The van der Waals surface area contributed by atoms with Crippen molar-refractivity contribution in [3.05, 3.63) is 23.3 Å². The van der Waals surface area contributed by atoms with E-state index in [9.17, 15) is 9.59 Å². The number of primary amides is 1. The summed E-state index contributed by atoms with van der Waals surface area (Å²) in [5.41, 5.74) is 7.35. The Morgan fingerprint density at radius 1 is 1.22 bits per heavy atom. The number of nitrogens with two attached hydrogens (primary N) is 1. The summed E-state index contributed by atoms with van der Waals surface area (Å²) in [5, 5.41) is 0. The number of carbonyl (C=O) groups is 2. The molecule has 0 aromatic carbocycles. The van der Waals surface area contributed by atoms with Gasteiger partial charge in [-0.05, 0) is 52.8 Å². The fourth-order valence-electron chi connectivity index (χ4n) is 3.53. The molecule has 0 atom stereocenters. The van der Waals surface area contributed by atoms with E-state index in [1.165, 1.54) is 0 Å². The molecule has 0 spiro atoms. The van der Waals surface area contributed by atoms with Crippen molar-refractivity contribution in [3.8, 4) is 0 Å². The number of ether oxygens (including phenoxy) is 1. The molecule has 2 amide bonds. The molecule has 0 bridgehead atoms. The van der Waals surface area contributed by atoms with Crippen LogP contribution in [0.4, 0.5) is 4.79 Å². The maximum Gasteiger partial charge on any atom is 0.410 e. The van der Waals surface area contributed by atoms with E-state index in [2.05, 4.69) is 14.5 Å². The van der Waals surface area contributed by atoms with E-state index in [0.717, 1.165) is 36.6 Å². The van der Waals surface area contributed by atoms with Gasteiger partial charge in [-0.3, -0.25) is 4.79 Å². The second kappa shape index (κ2) is 7.34. The zero-order valence-electron chi connectivity index (χ0n) is 16.6. The lowest BCUT2D eigenvalue weighted by atomic mass is 10.1. The molecule has 2 aliphatic heterocycles. The van der Waals surface area contributed by atoms with Gasteiger partial charge in [0, 0.05) is 26.2 Å². The number of hydrogen-bond donors (Lipinski definition) is 1. The Labute approximate surface area is 160 Å². The Bertz CT molecular complexity index is 775.